The molecule has 0 saturated carbocycles. The summed E-state index contributed by atoms with van der Waals surface area (Å²) in [6.45, 7) is 9.46. The van der Waals surface area contributed by atoms with E-state index in [-0.39, 0.29) is 17.9 Å². The highest BCUT2D eigenvalue weighted by Crippen LogP contribution is 2.19. The van der Waals surface area contributed by atoms with E-state index in [2.05, 4.69) is 30.7 Å². The van der Waals surface area contributed by atoms with Crippen LogP contribution >= 0.6 is 0 Å². The predicted octanol–water partition coefficient (Wildman–Crippen LogP) is 2.74. The van der Waals surface area contributed by atoms with E-state index in [0.717, 1.165) is 24.6 Å². The maximum atomic E-state index is 13.0. The fraction of sp³-hybridized carbons (Fsp3) is 0.588. The summed E-state index contributed by atoms with van der Waals surface area (Å²) in [7, 11) is 1.95. The normalized spacial score (nSPS) is 12.6. The van der Waals surface area contributed by atoms with Crippen LogP contribution in [0.2, 0.25) is 0 Å². The summed E-state index contributed by atoms with van der Waals surface area (Å²) >= 11 is 0. The van der Waals surface area contributed by atoms with Gasteiger partial charge in [-0.3, -0.25) is 4.79 Å². The van der Waals surface area contributed by atoms with Gasteiger partial charge in [0, 0.05) is 44.3 Å². The minimum Gasteiger partial charge on any atom is -0.337 e. The highest BCUT2D eigenvalue weighted by Gasteiger charge is 2.24. The number of nitrogens with zero attached hydrogens (tertiary/aromatic N) is 5. The minimum atomic E-state index is -0.262. The summed E-state index contributed by atoms with van der Waals surface area (Å²) in [5.74, 6) is 2.23. The van der Waals surface area contributed by atoms with Gasteiger partial charge in [0.25, 0.3) is 0 Å². The predicted molar refractivity (Wildman–Crippen MR) is 89.9 cm³/mol. The van der Waals surface area contributed by atoms with Crippen molar-refractivity contribution in [3.05, 3.63) is 36.4 Å². The Morgan fingerprint density at radius 3 is 2.48 bits per heavy atom. The fourth-order valence-electron chi connectivity index (χ4n) is 2.74. The number of aromatic nitrogens is 4. The summed E-state index contributed by atoms with van der Waals surface area (Å²) in [4.78, 5) is 23.6. The maximum absolute atomic E-state index is 13.0. The monoisotopic (exact) mass is 317 g/mol. The lowest BCUT2D eigenvalue weighted by Gasteiger charge is -2.27. The van der Waals surface area contributed by atoms with Crippen LogP contribution < -0.4 is 0 Å². The second kappa shape index (κ2) is 7.44. The van der Waals surface area contributed by atoms with Crippen molar-refractivity contribution in [2.75, 3.05) is 6.54 Å². The SMILES string of the molecule is CCCN(Cc1nccn1C)C(=O)[C@H](C)n1ccnc1C(C)C. The van der Waals surface area contributed by atoms with Crippen LogP contribution in [0.25, 0.3) is 0 Å². The number of hydrogen-bond acceptors (Lipinski definition) is 3. The third kappa shape index (κ3) is 3.81. The molecule has 2 aromatic heterocycles. The van der Waals surface area contributed by atoms with E-state index in [0.29, 0.717) is 6.54 Å². The Hall–Kier alpha value is -2.11. The van der Waals surface area contributed by atoms with E-state index in [4.69, 9.17) is 0 Å². The van der Waals surface area contributed by atoms with E-state index in [9.17, 15) is 4.79 Å². The highest BCUT2D eigenvalue weighted by atomic mass is 16.2. The largest absolute Gasteiger partial charge is 0.337 e. The molecule has 2 rings (SSSR count). The molecule has 0 aliphatic rings. The quantitative estimate of drug-likeness (QED) is 0.789. The van der Waals surface area contributed by atoms with Gasteiger partial charge in [0.15, 0.2) is 0 Å². The molecule has 0 bridgehead atoms. The van der Waals surface area contributed by atoms with Crippen LogP contribution in [0.1, 0.15) is 57.7 Å². The Bertz CT molecular complexity index is 643. The number of rotatable bonds is 7. The molecule has 23 heavy (non-hydrogen) atoms. The standard InChI is InChI=1S/C17H27N5O/c1-6-9-21(12-15-18-7-10-20(15)5)17(23)14(4)22-11-8-19-16(22)13(2)3/h7-8,10-11,13-14H,6,9,12H2,1-5H3/t14-/m0/s1. The molecule has 6 heteroatoms. The van der Waals surface area contributed by atoms with Crippen LogP contribution in [0, 0.1) is 0 Å². The fourth-order valence-corrected chi connectivity index (χ4v) is 2.74. The van der Waals surface area contributed by atoms with Crippen molar-refractivity contribution >= 4 is 5.91 Å². The van der Waals surface area contributed by atoms with Crippen molar-refractivity contribution < 1.29 is 4.79 Å². The number of carbonyl (C=O) groups is 1. The van der Waals surface area contributed by atoms with Gasteiger partial charge < -0.3 is 14.0 Å². The summed E-state index contributed by atoms with van der Waals surface area (Å²) in [5, 5.41) is 0. The van der Waals surface area contributed by atoms with Gasteiger partial charge in [-0.1, -0.05) is 20.8 Å². The lowest BCUT2D eigenvalue weighted by Crippen LogP contribution is -2.37. The van der Waals surface area contributed by atoms with Gasteiger partial charge in [-0.05, 0) is 13.3 Å². The number of imidazole rings is 2. The number of aryl methyl sites for hydroxylation is 1. The summed E-state index contributed by atoms with van der Waals surface area (Å²) in [6.07, 6.45) is 8.24. The molecule has 2 heterocycles. The minimum absolute atomic E-state index is 0.106. The van der Waals surface area contributed by atoms with Crippen LogP contribution in [-0.4, -0.2) is 36.5 Å². The molecule has 0 saturated heterocycles. The van der Waals surface area contributed by atoms with Crippen molar-refractivity contribution in [2.45, 2.75) is 52.6 Å². The molecular weight excluding hydrogens is 290 g/mol. The molecule has 126 valence electrons. The molecule has 0 N–H and O–H groups in total. The van der Waals surface area contributed by atoms with E-state index < -0.39 is 0 Å². The zero-order valence-electron chi connectivity index (χ0n) is 14.7. The molecule has 0 unspecified atom stereocenters. The van der Waals surface area contributed by atoms with Crippen LogP contribution in [0.5, 0.6) is 0 Å². The summed E-state index contributed by atoms with van der Waals surface area (Å²) < 4.78 is 3.94. The van der Waals surface area contributed by atoms with Crippen LogP contribution in [0.3, 0.4) is 0 Å². The molecule has 0 aliphatic heterocycles. The third-order valence-electron chi connectivity index (χ3n) is 4.05. The third-order valence-corrected chi connectivity index (χ3v) is 4.05. The van der Waals surface area contributed by atoms with Crippen LogP contribution in [-0.2, 0) is 18.4 Å². The van der Waals surface area contributed by atoms with Crippen LogP contribution in [0.15, 0.2) is 24.8 Å². The molecule has 0 fully saturated rings. The van der Waals surface area contributed by atoms with E-state index in [1.165, 1.54) is 0 Å². The van der Waals surface area contributed by atoms with Crippen molar-refractivity contribution in [1.82, 2.24) is 24.0 Å². The molecular formula is C17H27N5O. The van der Waals surface area contributed by atoms with Gasteiger partial charge >= 0.3 is 0 Å². The van der Waals surface area contributed by atoms with E-state index in [1.807, 2.05) is 40.4 Å². The number of carbonyl (C=O) groups excluding carboxylic acids is 1. The second-order valence-electron chi connectivity index (χ2n) is 6.24. The first-order valence-electron chi connectivity index (χ1n) is 8.23. The average Bonchev–Trinajstić information content (AvgIpc) is 3.15. The Kier molecular flexibility index (Phi) is 5.58. The molecule has 6 nitrogen and oxygen atoms in total. The molecule has 0 aromatic carbocycles. The van der Waals surface area contributed by atoms with Gasteiger partial charge in [-0.15, -0.1) is 0 Å². The highest BCUT2D eigenvalue weighted by molar-refractivity contribution is 5.80. The van der Waals surface area contributed by atoms with Crippen molar-refractivity contribution in [3.8, 4) is 0 Å². The molecule has 0 aliphatic carbocycles. The molecule has 1 atom stereocenters. The first kappa shape index (κ1) is 17.2. The molecule has 0 spiro atoms. The molecule has 2 aromatic rings. The van der Waals surface area contributed by atoms with Gasteiger partial charge in [-0.25, -0.2) is 9.97 Å². The Morgan fingerprint density at radius 1 is 1.22 bits per heavy atom. The Labute approximate surface area is 138 Å². The first-order chi connectivity index (χ1) is 11.0. The average molecular weight is 317 g/mol. The Morgan fingerprint density at radius 2 is 1.91 bits per heavy atom. The summed E-state index contributed by atoms with van der Waals surface area (Å²) in [6, 6.07) is -0.262. The zero-order chi connectivity index (χ0) is 17.0. The maximum Gasteiger partial charge on any atom is 0.245 e. The van der Waals surface area contributed by atoms with E-state index in [1.54, 1.807) is 12.4 Å². The molecule has 0 radical (unpaired) electrons. The lowest BCUT2D eigenvalue weighted by atomic mass is 10.2. The van der Waals surface area contributed by atoms with Gasteiger partial charge in [0.05, 0.1) is 6.54 Å². The van der Waals surface area contributed by atoms with Gasteiger partial charge in [0.1, 0.15) is 17.7 Å². The lowest BCUT2D eigenvalue weighted by molar-refractivity contribution is -0.135. The second-order valence-corrected chi connectivity index (χ2v) is 6.24. The van der Waals surface area contributed by atoms with Crippen LogP contribution in [0.4, 0.5) is 0 Å². The van der Waals surface area contributed by atoms with Gasteiger partial charge in [-0.2, -0.15) is 0 Å². The van der Waals surface area contributed by atoms with Crippen molar-refractivity contribution in [2.24, 2.45) is 7.05 Å². The van der Waals surface area contributed by atoms with Gasteiger partial charge in [0.2, 0.25) is 5.91 Å². The Balaban J connectivity index is 2.19. The summed E-state index contributed by atoms with van der Waals surface area (Å²) in [5.41, 5.74) is 0. The smallest absolute Gasteiger partial charge is 0.245 e. The van der Waals surface area contributed by atoms with Crippen molar-refractivity contribution in [1.29, 1.82) is 0 Å². The first-order valence-corrected chi connectivity index (χ1v) is 8.23. The van der Waals surface area contributed by atoms with E-state index >= 15 is 0 Å². The molecule has 1 amide bonds. The topological polar surface area (TPSA) is 56.0 Å². The zero-order valence-corrected chi connectivity index (χ0v) is 14.7. The number of hydrogen-bond donors (Lipinski definition) is 0. The van der Waals surface area contributed by atoms with Crippen molar-refractivity contribution in [3.63, 3.8) is 0 Å². The number of amides is 1.